The molecule has 53 heavy (non-hydrogen) atoms. The molecule has 0 radical (unpaired) electrons. The molecule has 5 aromatic carbocycles. The van der Waals surface area contributed by atoms with E-state index in [0.717, 1.165) is 11.1 Å². The van der Waals surface area contributed by atoms with Crippen molar-refractivity contribution in [2.45, 2.75) is 30.8 Å². The van der Waals surface area contributed by atoms with Crippen molar-refractivity contribution in [2.24, 2.45) is 11.8 Å². The molecule has 1 heterocycles. The second-order valence-electron chi connectivity index (χ2n) is 13.9. The SMILES string of the molecule is COc1ccc(C2=C(c3ccc(OC)cc3)[C@@]3(c4ccccc4)C(=O)[C@@]2(c2ccccc2)[C@@H]2C(=O)N(c4ccc(C(=O)OC(C)C)cc4)C(=O)[C@@H]23)cc1. The molecule has 2 bridgehead atoms. The Morgan fingerprint density at radius 3 is 1.38 bits per heavy atom. The van der Waals surface area contributed by atoms with E-state index < -0.39 is 40.4 Å². The molecule has 1 saturated carbocycles. The Balaban J connectivity index is 1.45. The number of amides is 2. The standard InChI is InChI=1S/C45H37NO7/c1-27(2)53-42(49)30-15-21-33(22-16-30)46-40(47)38-39(41(46)48)45(32-13-9-6-10-14-32)37(29-19-25-35(52-4)26-20-29)36(28-17-23-34(51-3)24-18-28)44(38,43(45)50)31-11-7-5-8-12-31/h5-27,38-39H,1-4H3/t38-,39+,44-,45-/m1/s1. The van der Waals surface area contributed by atoms with Crippen LogP contribution in [0.25, 0.3) is 11.1 Å². The number of Topliss-reactive ketones (excluding diaryl/α,β-unsaturated/α-hetero) is 1. The molecule has 8 heteroatoms. The summed E-state index contributed by atoms with van der Waals surface area (Å²) in [6.45, 7) is 3.53. The maximum Gasteiger partial charge on any atom is 0.338 e. The zero-order valence-electron chi connectivity index (χ0n) is 29.7. The van der Waals surface area contributed by atoms with Crippen LogP contribution in [0.5, 0.6) is 11.5 Å². The fraction of sp³-hybridized carbons (Fsp3) is 0.200. The topological polar surface area (TPSA) is 99.2 Å². The molecule has 0 aromatic heterocycles. The Morgan fingerprint density at radius 2 is 1.00 bits per heavy atom. The van der Waals surface area contributed by atoms with Crippen molar-refractivity contribution in [1.29, 1.82) is 0 Å². The van der Waals surface area contributed by atoms with Crippen LogP contribution in [0.3, 0.4) is 0 Å². The van der Waals surface area contributed by atoms with Crippen molar-refractivity contribution in [3.05, 3.63) is 161 Å². The summed E-state index contributed by atoms with van der Waals surface area (Å²) in [5.74, 6) is -2.59. The lowest BCUT2D eigenvalue weighted by Crippen LogP contribution is -2.45. The van der Waals surface area contributed by atoms with Crippen LogP contribution >= 0.6 is 0 Å². The van der Waals surface area contributed by atoms with Crippen LogP contribution in [0.15, 0.2) is 133 Å². The van der Waals surface area contributed by atoms with Gasteiger partial charge in [0.05, 0.1) is 54.2 Å². The molecule has 1 saturated heterocycles. The minimum absolute atomic E-state index is 0.220. The first-order valence-electron chi connectivity index (χ1n) is 17.6. The number of methoxy groups -OCH3 is 2. The molecule has 2 amide bonds. The Kier molecular flexibility index (Phi) is 8.13. The number of benzene rings is 5. The van der Waals surface area contributed by atoms with E-state index >= 15 is 14.4 Å². The maximum absolute atomic E-state index is 16.1. The molecule has 2 fully saturated rings. The van der Waals surface area contributed by atoms with E-state index in [1.165, 1.54) is 4.90 Å². The van der Waals surface area contributed by atoms with Gasteiger partial charge in [0.15, 0.2) is 5.78 Å². The molecule has 1 aliphatic heterocycles. The van der Waals surface area contributed by atoms with E-state index in [1.807, 2.05) is 109 Å². The average Bonchev–Trinajstić information content (AvgIpc) is 3.70. The van der Waals surface area contributed by atoms with E-state index in [-0.39, 0.29) is 11.9 Å². The van der Waals surface area contributed by atoms with Gasteiger partial charge in [-0.15, -0.1) is 0 Å². The lowest BCUT2D eigenvalue weighted by atomic mass is 9.59. The van der Waals surface area contributed by atoms with Gasteiger partial charge in [-0.05, 0) is 95.8 Å². The zero-order chi connectivity index (χ0) is 37.1. The number of carbonyl (C=O) groups excluding carboxylic acids is 4. The summed E-state index contributed by atoms with van der Waals surface area (Å²) in [4.78, 5) is 60.5. The smallest absolute Gasteiger partial charge is 0.338 e. The molecular weight excluding hydrogens is 666 g/mol. The Hall–Kier alpha value is -6.28. The fourth-order valence-electron chi connectivity index (χ4n) is 8.92. The number of anilines is 1. The summed E-state index contributed by atoms with van der Waals surface area (Å²) in [5.41, 5.74) is 1.54. The molecule has 3 aliphatic rings. The summed E-state index contributed by atoms with van der Waals surface area (Å²) in [5, 5.41) is 0. The number of fused-ring (bicyclic) bond motifs is 5. The molecule has 264 valence electrons. The van der Waals surface area contributed by atoms with Gasteiger partial charge in [0.2, 0.25) is 11.8 Å². The molecule has 0 N–H and O–H groups in total. The number of hydrogen-bond acceptors (Lipinski definition) is 7. The number of esters is 1. The second-order valence-corrected chi connectivity index (χ2v) is 13.9. The van der Waals surface area contributed by atoms with Gasteiger partial charge in [0.25, 0.3) is 0 Å². The van der Waals surface area contributed by atoms with E-state index in [0.29, 0.717) is 45.0 Å². The second kappa shape index (κ2) is 12.7. The van der Waals surface area contributed by atoms with E-state index in [9.17, 15) is 4.79 Å². The number of hydrogen-bond donors (Lipinski definition) is 0. The molecule has 0 spiro atoms. The number of nitrogens with zero attached hydrogens (tertiary/aromatic N) is 1. The molecule has 5 aromatic rings. The van der Waals surface area contributed by atoms with E-state index in [4.69, 9.17) is 14.2 Å². The summed E-state index contributed by atoms with van der Waals surface area (Å²) >= 11 is 0. The normalized spacial score (nSPS) is 23.1. The number of rotatable bonds is 9. The number of ketones is 1. The summed E-state index contributed by atoms with van der Waals surface area (Å²) in [6, 6.07) is 40.0. The highest BCUT2D eigenvalue weighted by molar-refractivity contribution is 6.39. The third kappa shape index (κ3) is 4.74. The predicted octanol–water partition coefficient (Wildman–Crippen LogP) is 7.46. The number of ether oxygens (including phenoxy) is 3. The Labute approximate surface area is 307 Å². The van der Waals surface area contributed by atoms with Crippen molar-refractivity contribution in [1.82, 2.24) is 0 Å². The van der Waals surface area contributed by atoms with Crippen LogP contribution in [-0.4, -0.2) is 43.9 Å². The number of imide groups is 1. The summed E-state index contributed by atoms with van der Waals surface area (Å²) in [6.07, 6.45) is -0.313. The van der Waals surface area contributed by atoms with Crippen LogP contribution in [0.2, 0.25) is 0 Å². The van der Waals surface area contributed by atoms with E-state index in [2.05, 4.69) is 0 Å². The lowest BCUT2D eigenvalue weighted by Gasteiger charge is -2.39. The van der Waals surface area contributed by atoms with Gasteiger partial charge in [-0.3, -0.25) is 14.4 Å². The van der Waals surface area contributed by atoms with Crippen molar-refractivity contribution >= 4 is 40.4 Å². The van der Waals surface area contributed by atoms with E-state index in [1.54, 1.807) is 52.3 Å². The van der Waals surface area contributed by atoms with Crippen LogP contribution in [0.4, 0.5) is 5.69 Å². The first kappa shape index (κ1) is 33.8. The van der Waals surface area contributed by atoms with Gasteiger partial charge in [-0.2, -0.15) is 0 Å². The Morgan fingerprint density at radius 1 is 0.585 bits per heavy atom. The van der Waals surface area contributed by atoms with Crippen molar-refractivity contribution in [3.63, 3.8) is 0 Å². The molecule has 4 atom stereocenters. The minimum atomic E-state index is -1.56. The Bertz CT molecular complexity index is 2150. The summed E-state index contributed by atoms with van der Waals surface area (Å²) in [7, 11) is 3.19. The first-order chi connectivity index (χ1) is 25.7. The van der Waals surface area contributed by atoms with Gasteiger partial charge in [-0.25, -0.2) is 9.69 Å². The van der Waals surface area contributed by atoms with Crippen molar-refractivity contribution in [2.75, 3.05) is 19.1 Å². The van der Waals surface area contributed by atoms with Gasteiger partial charge < -0.3 is 14.2 Å². The third-order valence-electron chi connectivity index (χ3n) is 10.9. The molecule has 8 nitrogen and oxygen atoms in total. The quantitative estimate of drug-likeness (QED) is 0.116. The predicted molar refractivity (Wildman–Crippen MR) is 201 cm³/mol. The highest BCUT2D eigenvalue weighted by Crippen LogP contribution is 2.74. The van der Waals surface area contributed by atoms with Crippen LogP contribution in [0, 0.1) is 11.8 Å². The number of allylic oxidation sites excluding steroid dienone is 2. The first-order valence-corrected chi connectivity index (χ1v) is 17.6. The minimum Gasteiger partial charge on any atom is -0.497 e. The van der Waals surface area contributed by atoms with Gasteiger partial charge in [0, 0.05) is 0 Å². The van der Waals surface area contributed by atoms with Gasteiger partial charge in [0.1, 0.15) is 11.5 Å². The van der Waals surface area contributed by atoms with Crippen LogP contribution < -0.4 is 14.4 Å². The van der Waals surface area contributed by atoms with Crippen LogP contribution in [0.1, 0.15) is 46.5 Å². The molecule has 2 aliphatic carbocycles. The van der Waals surface area contributed by atoms with Gasteiger partial charge >= 0.3 is 5.97 Å². The maximum atomic E-state index is 16.1. The van der Waals surface area contributed by atoms with Crippen LogP contribution in [-0.2, 0) is 30.0 Å². The fourth-order valence-corrected chi connectivity index (χ4v) is 8.92. The third-order valence-corrected chi connectivity index (χ3v) is 10.9. The monoisotopic (exact) mass is 703 g/mol. The average molecular weight is 704 g/mol. The van der Waals surface area contributed by atoms with Gasteiger partial charge in [-0.1, -0.05) is 84.9 Å². The molecule has 8 rings (SSSR count). The highest BCUT2D eigenvalue weighted by Gasteiger charge is 2.82. The largest absolute Gasteiger partial charge is 0.497 e. The summed E-state index contributed by atoms with van der Waals surface area (Å²) < 4.78 is 16.4. The van der Waals surface area contributed by atoms with Crippen molar-refractivity contribution < 1.29 is 33.4 Å². The zero-order valence-corrected chi connectivity index (χ0v) is 29.7. The molecular formula is C45H37NO7. The lowest BCUT2D eigenvalue weighted by molar-refractivity contribution is -0.130. The number of carbonyl (C=O) groups is 4. The molecule has 0 unspecified atom stereocenters. The van der Waals surface area contributed by atoms with Crippen molar-refractivity contribution in [3.8, 4) is 11.5 Å². The highest BCUT2D eigenvalue weighted by atomic mass is 16.5.